The Hall–Kier alpha value is -3.30. The van der Waals surface area contributed by atoms with Crippen LogP contribution in [0.25, 0.3) is 16.4 Å². The zero-order valence-corrected chi connectivity index (χ0v) is 16.9. The molecule has 0 bridgehead atoms. The van der Waals surface area contributed by atoms with Gasteiger partial charge in [-0.2, -0.15) is 0 Å². The van der Waals surface area contributed by atoms with E-state index in [1.54, 1.807) is 36.0 Å². The number of hydrogen-bond donors (Lipinski definition) is 1. The molecular formula is C21H15ClF2N4O3. The summed E-state index contributed by atoms with van der Waals surface area (Å²) in [5.41, 5.74) is 1.11. The van der Waals surface area contributed by atoms with Crippen LogP contribution in [0.2, 0.25) is 5.02 Å². The van der Waals surface area contributed by atoms with Gasteiger partial charge in [-0.3, -0.25) is 9.59 Å². The summed E-state index contributed by atoms with van der Waals surface area (Å²) in [6, 6.07) is 4.57. The Kier molecular flexibility index (Phi) is 4.53. The van der Waals surface area contributed by atoms with Crippen molar-refractivity contribution in [3.63, 3.8) is 0 Å². The summed E-state index contributed by atoms with van der Waals surface area (Å²) in [4.78, 5) is 34.0. The molecule has 1 N–H and O–H groups in total. The van der Waals surface area contributed by atoms with Gasteiger partial charge in [0.25, 0.3) is 11.5 Å². The molecule has 5 rings (SSSR count). The van der Waals surface area contributed by atoms with Crippen LogP contribution in [0.15, 0.2) is 41.5 Å². The van der Waals surface area contributed by atoms with Crippen molar-refractivity contribution in [2.45, 2.75) is 12.6 Å². The predicted molar refractivity (Wildman–Crippen MR) is 109 cm³/mol. The number of amides is 1. The highest BCUT2D eigenvalue weighted by Crippen LogP contribution is 2.34. The van der Waals surface area contributed by atoms with Crippen LogP contribution < -0.4 is 5.56 Å². The van der Waals surface area contributed by atoms with E-state index in [0.717, 1.165) is 12.1 Å². The van der Waals surface area contributed by atoms with Gasteiger partial charge in [-0.25, -0.2) is 13.8 Å². The fourth-order valence-electron chi connectivity index (χ4n) is 3.94. The minimum atomic E-state index is -1.12. The Morgan fingerprint density at radius 2 is 2.00 bits per heavy atom. The SMILES string of the molecule is CN(C(=O)c1cn2cc(Cl)ccc2n1)C1COCc2[nH]c(=O)c3cc(F)c(F)cc3c21. The number of hydrogen-bond acceptors (Lipinski definition) is 4. The molecule has 1 aliphatic heterocycles. The summed E-state index contributed by atoms with van der Waals surface area (Å²) in [6.07, 6.45) is 3.19. The second kappa shape index (κ2) is 7.14. The van der Waals surface area contributed by atoms with Crippen molar-refractivity contribution in [3.8, 4) is 0 Å². The third-order valence-corrected chi connectivity index (χ3v) is 5.69. The molecule has 0 fully saturated rings. The zero-order chi connectivity index (χ0) is 21.9. The lowest BCUT2D eigenvalue weighted by molar-refractivity contribution is 0.0333. The molecule has 0 aliphatic carbocycles. The maximum Gasteiger partial charge on any atom is 0.274 e. The van der Waals surface area contributed by atoms with Gasteiger partial charge < -0.3 is 19.0 Å². The van der Waals surface area contributed by atoms with E-state index < -0.39 is 29.1 Å². The first-order valence-electron chi connectivity index (χ1n) is 9.36. The zero-order valence-electron chi connectivity index (χ0n) is 16.2. The average Bonchev–Trinajstić information content (AvgIpc) is 3.17. The van der Waals surface area contributed by atoms with E-state index in [1.165, 1.54) is 4.90 Å². The molecule has 0 radical (unpaired) electrons. The van der Waals surface area contributed by atoms with Crippen molar-refractivity contribution in [1.29, 1.82) is 0 Å². The molecule has 31 heavy (non-hydrogen) atoms. The van der Waals surface area contributed by atoms with E-state index in [0.29, 0.717) is 21.9 Å². The van der Waals surface area contributed by atoms with Gasteiger partial charge in [-0.05, 0) is 29.7 Å². The van der Waals surface area contributed by atoms with E-state index in [9.17, 15) is 18.4 Å². The van der Waals surface area contributed by atoms with Gasteiger partial charge in [0.05, 0.1) is 29.7 Å². The van der Waals surface area contributed by atoms with Crippen LogP contribution in [-0.4, -0.2) is 38.8 Å². The quantitative estimate of drug-likeness (QED) is 0.513. The van der Waals surface area contributed by atoms with Crippen LogP contribution in [0.5, 0.6) is 0 Å². The Morgan fingerprint density at radius 3 is 2.77 bits per heavy atom. The Labute approximate surface area is 178 Å². The number of carbonyl (C=O) groups is 1. The van der Waals surface area contributed by atoms with Gasteiger partial charge in [-0.1, -0.05) is 11.6 Å². The predicted octanol–water partition coefficient (Wildman–Crippen LogP) is 3.45. The second-order valence-electron chi connectivity index (χ2n) is 7.34. The van der Waals surface area contributed by atoms with Crippen LogP contribution in [-0.2, 0) is 11.3 Å². The van der Waals surface area contributed by atoms with Gasteiger partial charge in [0.2, 0.25) is 0 Å². The van der Waals surface area contributed by atoms with Crippen molar-refractivity contribution in [2.75, 3.05) is 13.7 Å². The van der Waals surface area contributed by atoms with Gasteiger partial charge in [0.1, 0.15) is 11.3 Å². The molecular weight excluding hydrogens is 430 g/mol. The van der Waals surface area contributed by atoms with Crippen LogP contribution in [0.4, 0.5) is 8.78 Å². The molecule has 10 heteroatoms. The van der Waals surface area contributed by atoms with Crippen LogP contribution in [0, 0.1) is 11.6 Å². The van der Waals surface area contributed by atoms with E-state index in [2.05, 4.69) is 9.97 Å². The first-order chi connectivity index (χ1) is 14.8. The number of carbonyl (C=O) groups excluding carboxylic acids is 1. The van der Waals surface area contributed by atoms with Gasteiger partial charge in [-0.15, -0.1) is 0 Å². The van der Waals surface area contributed by atoms with E-state index >= 15 is 0 Å². The van der Waals surface area contributed by atoms with Gasteiger partial charge >= 0.3 is 0 Å². The molecule has 0 spiro atoms. The summed E-state index contributed by atoms with van der Waals surface area (Å²) in [5, 5.41) is 0.747. The molecule has 158 valence electrons. The van der Waals surface area contributed by atoms with Crippen molar-refractivity contribution in [3.05, 3.63) is 80.6 Å². The summed E-state index contributed by atoms with van der Waals surface area (Å²) >= 11 is 5.99. The number of halogens is 3. The number of H-pyrrole nitrogens is 1. The molecule has 7 nitrogen and oxygen atoms in total. The largest absolute Gasteiger partial charge is 0.373 e. The van der Waals surface area contributed by atoms with Crippen molar-refractivity contribution >= 4 is 33.9 Å². The lowest BCUT2D eigenvalue weighted by Gasteiger charge is -2.33. The van der Waals surface area contributed by atoms with Crippen LogP contribution in [0.3, 0.4) is 0 Å². The number of nitrogens with zero attached hydrogens (tertiary/aromatic N) is 3. The highest BCUT2D eigenvalue weighted by Gasteiger charge is 2.32. The maximum absolute atomic E-state index is 14.0. The third-order valence-electron chi connectivity index (χ3n) is 5.46. The summed E-state index contributed by atoms with van der Waals surface area (Å²) in [7, 11) is 1.57. The number of aromatic amines is 1. The number of ether oxygens (including phenoxy) is 1. The number of benzene rings is 1. The number of pyridine rings is 2. The normalized spacial score (nSPS) is 15.9. The Bertz CT molecular complexity index is 1430. The van der Waals surface area contributed by atoms with Crippen molar-refractivity contribution in [2.24, 2.45) is 0 Å². The van der Waals surface area contributed by atoms with Crippen molar-refractivity contribution < 1.29 is 18.3 Å². The monoisotopic (exact) mass is 444 g/mol. The number of nitrogens with one attached hydrogen (secondary N) is 1. The maximum atomic E-state index is 14.0. The highest BCUT2D eigenvalue weighted by atomic mass is 35.5. The van der Waals surface area contributed by atoms with Gasteiger partial charge in [0, 0.05) is 30.7 Å². The fraction of sp³-hybridized carbons (Fsp3) is 0.190. The molecule has 4 aromatic rings. The first-order valence-corrected chi connectivity index (χ1v) is 9.74. The number of aromatic nitrogens is 3. The summed E-state index contributed by atoms with van der Waals surface area (Å²) < 4.78 is 35.0. The highest BCUT2D eigenvalue weighted by molar-refractivity contribution is 6.30. The van der Waals surface area contributed by atoms with E-state index in [-0.39, 0.29) is 29.7 Å². The molecule has 1 atom stereocenters. The van der Waals surface area contributed by atoms with Crippen LogP contribution in [0.1, 0.15) is 27.8 Å². The first kappa shape index (κ1) is 19.7. The molecule has 0 saturated heterocycles. The number of imidazole rings is 1. The minimum absolute atomic E-state index is 0.00720. The lowest BCUT2D eigenvalue weighted by Crippen LogP contribution is -2.37. The summed E-state index contributed by atoms with van der Waals surface area (Å²) in [6.45, 7) is 0.208. The number of rotatable bonds is 2. The van der Waals surface area contributed by atoms with Gasteiger partial charge in [0.15, 0.2) is 11.6 Å². The Morgan fingerprint density at radius 1 is 1.26 bits per heavy atom. The topological polar surface area (TPSA) is 79.7 Å². The third kappa shape index (κ3) is 3.17. The molecule has 1 aromatic carbocycles. The lowest BCUT2D eigenvalue weighted by atomic mass is 9.95. The molecule has 1 unspecified atom stereocenters. The smallest absolute Gasteiger partial charge is 0.274 e. The standard InChI is InChI=1S/C21H15ClF2N4O3/c1-27(21(30)15-7-28-6-10(22)2-3-18(28)25-15)17-9-31-8-16-19(17)11-4-13(23)14(24)5-12(11)20(29)26-16/h2-7,17H,8-9H2,1H3,(H,26,29). The van der Waals surface area contributed by atoms with Crippen LogP contribution >= 0.6 is 11.6 Å². The second-order valence-corrected chi connectivity index (χ2v) is 7.78. The molecule has 1 amide bonds. The van der Waals surface area contributed by atoms with E-state index in [4.69, 9.17) is 16.3 Å². The molecule has 0 saturated carbocycles. The molecule has 1 aliphatic rings. The number of likely N-dealkylation sites (N-methyl/N-ethyl adjacent to an activating group) is 1. The van der Waals surface area contributed by atoms with E-state index in [1.807, 2.05) is 0 Å². The summed E-state index contributed by atoms with van der Waals surface area (Å²) in [5.74, 6) is -2.59. The molecule has 3 aromatic heterocycles. The number of fused-ring (bicyclic) bond motifs is 4. The molecule has 4 heterocycles. The minimum Gasteiger partial charge on any atom is -0.373 e. The van der Waals surface area contributed by atoms with Crippen molar-refractivity contribution in [1.82, 2.24) is 19.3 Å². The average molecular weight is 445 g/mol. The fourth-order valence-corrected chi connectivity index (χ4v) is 4.11. The Balaban J connectivity index is 1.61.